The number of rotatable bonds is 10. The lowest BCUT2D eigenvalue weighted by molar-refractivity contribution is 0.307. The lowest BCUT2D eigenvalue weighted by Crippen LogP contribution is -2.17. The van der Waals surface area contributed by atoms with Crippen LogP contribution in [0.15, 0.2) is 48.5 Å². The molecule has 0 heterocycles. The predicted octanol–water partition coefficient (Wildman–Crippen LogP) is 5.98. The summed E-state index contributed by atoms with van der Waals surface area (Å²) >= 11 is 6.15. The summed E-state index contributed by atoms with van der Waals surface area (Å²) in [5.41, 5.74) is 2.19. The van der Waals surface area contributed by atoms with Gasteiger partial charge >= 0.3 is 0 Å². The molecule has 0 amide bonds. The van der Waals surface area contributed by atoms with Crippen molar-refractivity contribution in [2.75, 3.05) is 19.7 Å². The first-order valence-electron chi connectivity index (χ1n) is 8.49. The van der Waals surface area contributed by atoms with Crippen LogP contribution < -0.4 is 10.1 Å². The Hall–Kier alpha value is -1.22. The summed E-state index contributed by atoms with van der Waals surface area (Å²) in [7, 11) is 0. The molecule has 0 atom stereocenters. The average molecular weight is 368 g/mol. The van der Waals surface area contributed by atoms with Crippen LogP contribution in [0, 0.1) is 0 Å². The van der Waals surface area contributed by atoms with Crippen molar-refractivity contribution in [1.29, 1.82) is 0 Å². The van der Waals surface area contributed by atoms with Crippen molar-refractivity contribution >= 4 is 24.0 Å². The van der Waals surface area contributed by atoms with Gasteiger partial charge in [-0.25, -0.2) is 0 Å². The van der Waals surface area contributed by atoms with E-state index in [9.17, 15) is 0 Å². The number of hydrogen-bond acceptors (Lipinski definition) is 2. The Morgan fingerprint density at radius 1 is 0.958 bits per heavy atom. The largest absolute Gasteiger partial charge is 0.493 e. The molecule has 0 aliphatic carbocycles. The predicted molar refractivity (Wildman–Crippen MR) is 107 cm³/mol. The molecule has 1 N–H and O–H groups in total. The van der Waals surface area contributed by atoms with Crippen LogP contribution in [-0.4, -0.2) is 19.7 Å². The number of ether oxygens (including phenoxy) is 1. The summed E-state index contributed by atoms with van der Waals surface area (Å²) in [6, 6.07) is 16.1. The molecule has 0 saturated heterocycles. The third kappa shape index (κ3) is 7.12. The maximum absolute atomic E-state index is 6.15. The van der Waals surface area contributed by atoms with Gasteiger partial charge in [-0.15, -0.1) is 12.4 Å². The molecule has 0 spiro atoms. The standard InChI is InChI=1S/C20H26ClNO.ClH/c1-2-3-13-22-14-7-8-15-23-20-12-11-18(21)16-19(20)17-9-5-4-6-10-17;/h4-6,9-12,16,22H,2-3,7-8,13-15H2,1H3;1H. The van der Waals surface area contributed by atoms with Gasteiger partial charge in [-0.05, 0) is 56.1 Å². The molecule has 2 rings (SSSR count). The highest BCUT2D eigenvalue weighted by Gasteiger charge is 2.07. The summed E-state index contributed by atoms with van der Waals surface area (Å²) in [5, 5.41) is 4.19. The molecule has 0 aliphatic rings. The van der Waals surface area contributed by atoms with Crippen molar-refractivity contribution in [3.8, 4) is 16.9 Å². The molecule has 2 nitrogen and oxygen atoms in total. The van der Waals surface area contributed by atoms with Crippen LogP contribution in [0.4, 0.5) is 0 Å². The van der Waals surface area contributed by atoms with Gasteiger partial charge in [0.1, 0.15) is 5.75 Å². The first-order chi connectivity index (χ1) is 11.3. The molecule has 0 bridgehead atoms. The van der Waals surface area contributed by atoms with Gasteiger partial charge in [0.15, 0.2) is 0 Å². The van der Waals surface area contributed by atoms with E-state index in [0.29, 0.717) is 0 Å². The van der Waals surface area contributed by atoms with Gasteiger partial charge in [-0.1, -0.05) is 55.3 Å². The molecule has 4 heteroatoms. The van der Waals surface area contributed by atoms with Crippen LogP contribution >= 0.6 is 24.0 Å². The Labute approximate surface area is 157 Å². The minimum atomic E-state index is 0. The molecule has 24 heavy (non-hydrogen) atoms. The zero-order chi connectivity index (χ0) is 16.3. The summed E-state index contributed by atoms with van der Waals surface area (Å²) in [4.78, 5) is 0. The minimum absolute atomic E-state index is 0. The molecule has 2 aromatic rings. The van der Waals surface area contributed by atoms with E-state index < -0.39 is 0 Å². The SMILES string of the molecule is CCCCNCCCCOc1ccc(Cl)cc1-c1ccccc1.Cl. The van der Waals surface area contributed by atoms with E-state index in [1.54, 1.807) is 0 Å². The van der Waals surface area contributed by atoms with Crippen LogP contribution in [0.1, 0.15) is 32.6 Å². The van der Waals surface area contributed by atoms with Crippen molar-refractivity contribution < 1.29 is 4.74 Å². The topological polar surface area (TPSA) is 21.3 Å². The molecule has 132 valence electrons. The van der Waals surface area contributed by atoms with Crippen molar-refractivity contribution in [3.05, 3.63) is 53.6 Å². The van der Waals surface area contributed by atoms with E-state index in [1.165, 1.54) is 12.8 Å². The van der Waals surface area contributed by atoms with Gasteiger partial charge in [0.05, 0.1) is 6.61 Å². The number of halogens is 2. The van der Waals surface area contributed by atoms with Gasteiger partial charge in [-0.2, -0.15) is 0 Å². The fourth-order valence-corrected chi connectivity index (χ4v) is 2.60. The molecule has 2 aromatic carbocycles. The van der Waals surface area contributed by atoms with E-state index >= 15 is 0 Å². The molecular formula is C20H27Cl2NO. The van der Waals surface area contributed by atoms with E-state index in [4.69, 9.17) is 16.3 Å². The molecule has 0 unspecified atom stereocenters. The fraction of sp³-hybridized carbons (Fsp3) is 0.400. The van der Waals surface area contributed by atoms with Crippen molar-refractivity contribution in [2.24, 2.45) is 0 Å². The van der Waals surface area contributed by atoms with Gasteiger partial charge < -0.3 is 10.1 Å². The second-order valence-electron chi connectivity index (χ2n) is 5.67. The van der Waals surface area contributed by atoms with E-state index in [-0.39, 0.29) is 12.4 Å². The Morgan fingerprint density at radius 2 is 1.71 bits per heavy atom. The first-order valence-corrected chi connectivity index (χ1v) is 8.87. The molecule has 0 saturated carbocycles. The van der Waals surface area contributed by atoms with E-state index in [0.717, 1.165) is 54.4 Å². The Bertz CT molecular complexity index is 575. The van der Waals surface area contributed by atoms with E-state index in [1.807, 2.05) is 36.4 Å². The molecule has 0 aliphatic heterocycles. The second-order valence-corrected chi connectivity index (χ2v) is 6.10. The van der Waals surface area contributed by atoms with Gasteiger partial charge in [-0.3, -0.25) is 0 Å². The van der Waals surface area contributed by atoms with Gasteiger partial charge in [0, 0.05) is 10.6 Å². The highest BCUT2D eigenvalue weighted by molar-refractivity contribution is 6.31. The quantitative estimate of drug-likeness (QED) is 0.521. The molecule has 0 radical (unpaired) electrons. The smallest absolute Gasteiger partial charge is 0.127 e. The van der Waals surface area contributed by atoms with Gasteiger partial charge in [0.2, 0.25) is 0 Å². The highest BCUT2D eigenvalue weighted by atomic mass is 35.5. The normalized spacial score (nSPS) is 10.2. The fourth-order valence-electron chi connectivity index (χ4n) is 2.43. The maximum Gasteiger partial charge on any atom is 0.127 e. The second kappa shape index (κ2) is 12.2. The minimum Gasteiger partial charge on any atom is -0.493 e. The third-order valence-corrected chi connectivity index (χ3v) is 3.97. The average Bonchev–Trinajstić information content (AvgIpc) is 2.59. The lowest BCUT2D eigenvalue weighted by atomic mass is 10.0. The Kier molecular flexibility index (Phi) is 10.6. The maximum atomic E-state index is 6.15. The van der Waals surface area contributed by atoms with Crippen molar-refractivity contribution in [3.63, 3.8) is 0 Å². The Balaban J connectivity index is 0.00000288. The van der Waals surface area contributed by atoms with Crippen molar-refractivity contribution in [1.82, 2.24) is 5.32 Å². The summed E-state index contributed by atoms with van der Waals surface area (Å²) in [6.07, 6.45) is 4.69. The number of benzene rings is 2. The lowest BCUT2D eigenvalue weighted by Gasteiger charge is -2.12. The monoisotopic (exact) mass is 367 g/mol. The zero-order valence-electron chi connectivity index (χ0n) is 14.3. The van der Waals surface area contributed by atoms with Crippen LogP contribution in [0.5, 0.6) is 5.75 Å². The van der Waals surface area contributed by atoms with Crippen LogP contribution in [-0.2, 0) is 0 Å². The van der Waals surface area contributed by atoms with Crippen LogP contribution in [0.2, 0.25) is 5.02 Å². The van der Waals surface area contributed by atoms with Crippen molar-refractivity contribution in [2.45, 2.75) is 32.6 Å². The zero-order valence-corrected chi connectivity index (χ0v) is 15.8. The van der Waals surface area contributed by atoms with Crippen LogP contribution in [0.3, 0.4) is 0 Å². The number of hydrogen-bond donors (Lipinski definition) is 1. The van der Waals surface area contributed by atoms with Gasteiger partial charge in [0.25, 0.3) is 0 Å². The summed E-state index contributed by atoms with van der Waals surface area (Å²) < 4.78 is 5.99. The number of unbranched alkanes of at least 4 members (excludes halogenated alkanes) is 2. The summed E-state index contributed by atoms with van der Waals surface area (Å²) in [6.45, 7) is 5.13. The highest BCUT2D eigenvalue weighted by Crippen LogP contribution is 2.32. The Morgan fingerprint density at radius 3 is 2.46 bits per heavy atom. The number of nitrogens with one attached hydrogen (secondary N) is 1. The molecule has 0 fully saturated rings. The summed E-state index contributed by atoms with van der Waals surface area (Å²) in [5.74, 6) is 0.902. The molecule has 0 aromatic heterocycles. The van der Waals surface area contributed by atoms with E-state index in [2.05, 4.69) is 24.4 Å². The third-order valence-electron chi connectivity index (χ3n) is 3.74. The molecular weight excluding hydrogens is 341 g/mol. The first kappa shape index (κ1) is 20.8. The van der Waals surface area contributed by atoms with Crippen LogP contribution in [0.25, 0.3) is 11.1 Å².